The monoisotopic (exact) mass is 252 g/mol. The van der Waals surface area contributed by atoms with Crippen LogP contribution in [0.4, 0.5) is 0 Å². The molecule has 1 aromatic heterocycles. The van der Waals surface area contributed by atoms with Crippen LogP contribution in [0.3, 0.4) is 0 Å². The van der Waals surface area contributed by atoms with Crippen LogP contribution in [-0.4, -0.2) is 24.8 Å². The lowest BCUT2D eigenvalue weighted by Crippen LogP contribution is -2.30. The maximum absolute atomic E-state index is 5.15. The molecule has 1 aromatic rings. The van der Waals surface area contributed by atoms with Gasteiger partial charge in [0.2, 0.25) is 0 Å². The Morgan fingerprint density at radius 3 is 2.50 bits per heavy atom. The predicted octanol–water partition coefficient (Wildman–Crippen LogP) is 2.79. The minimum Gasteiger partial charge on any atom is -0.385 e. The van der Waals surface area contributed by atoms with E-state index in [9.17, 15) is 0 Å². The van der Waals surface area contributed by atoms with E-state index in [-0.39, 0.29) is 5.41 Å². The first-order chi connectivity index (χ1) is 8.37. The third-order valence-electron chi connectivity index (χ3n) is 3.78. The number of aromatic nitrogens is 1. The summed E-state index contributed by atoms with van der Waals surface area (Å²) in [4.78, 5) is 0. The van der Waals surface area contributed by atoms with Crippen LogP contribution >= 0.6 is 0 Å². The molecule has 3 nitrogen and oxygen atoms in total. The van der Waals surface area contributed by atoms with Crippen molar-refractivity contribution in [3.63, 3.8) is 0 Å². The van der Waals surface area contributed by atoms with Gasteiger partial charge in [0.1, 0.15) is 0 Å². The van der Waals surface area contributed by atoms with E-state index < -0.39 is 0 Å². The van der Waals surface area contributed by atoms with Gasteiger partial charge < -0.3 is 14.6 Å². The fraction of sp³-hybridized carbons (Fsp3) is 0.733. The smallest absolute Gasteiger partial charge is 0.0467 e. The fourth-order valence-corrected chi connectivity index (χ4v) is 2.11. The third kappa shape index (κ3) is 4.14. The second-order valence-electron chi connectivity index (χ2n) is 5.97. The average Bonchev–Trinajstić information content (AvgIpc) is 2.54. The number of aryl methyl sites for hydroxylation is 1. The Balaban J connectivity index is 2.44. The van der Waals surface area contributed by atoms with Crippen molar-refractivity contribution in [2.45, 2.75) is 40.7 Å². The van der Waals surface area contributed by atoms with E-state index >= 15 is 0 Å². The number of ether oxygens (including phenoxy) is 1. The zero-order valence-electron chi connectivity index (χ0n) is 12.8. The summed E-state index contributed by atoms with van der Waals surface area (Å²) in [5, 5.41) is 3.56. The summed E-state index contributed by atoms with van der Waals surface area (Å²) >= 11 is 0. The molecule has 0 amide bonds. The summed E-state index contributed by atoms with van der Waals surface area (Å²) in [5.74, 6) is 0. The summed E-state index contributed by atoms with van der Waals surface area (Å²) in [7, 11) is 3.89. The Morgan fingerprint density at radius 2 is 2.00 bits per heavy atom. The Kier molecular flexibility index (Phi) is 5.42. The first kappa shape index (κ1) is 15.3. The molecule has 1 rings (SSSR count). The van der Waals surface area contributed by atoms with Crippen molar-refractivity contribution in [2.24, 2.45) is 12.5 Å². The van der Waals surface area contributed by atoms with Crippen molar-refractivity contribution >= 4 is 0 Å². The number of nitrogens with one attached hydrogen (secondary N) is 1. The van der Waals surface area contributed by atoms with Crippen LogP contribution in [0.2, 0.25) is 0 Å². The van der Waals surface area contributed by atoms with E-state index in [2.05, 4.69) is 50.7 Å². The highest BCUT2D eigenvalue weighted by molar-refractivity contribution is 5.26. The van der Waals surface area contributed by atoms with Gasteiger partial charge >= 0.3 is 0 Å². The number of rotatable bonds is 7. The highest BCUT2D eigenvalue weighted by Gasteiger charge is 2.17. The minimum absolute atomic E-state index is 0.285. The molecular formula is C15H28N2O. The maximum atomic E-state index is 5.15. The zero-order valence-corrected chi connectivity index (χ0v) is 12.8. The van der Waals surface area contributed by atoms with Crippen LogP contribution in [0.5, 0.6) is 0 Å². The molecule has 0 aliphatic carbocycles. The minimum atomic E-state index is 0.285. The van der Waals surface area contributed by atoms with E-state index in [1.807, 2.05) is 0 Å². The Bertz CT molecular complexity index is 380. The molecule has 0 saturated heterocycles. The molecule has 0 radical (unpaired) electrons. The lowest BCUT2D eigenvalue weighted by atomic mass is 9.89. The molecule has 0 aliphatic rings. The quantitative estimate of drug-likeness (QED) is 0.807. The summed E-state index contributed by atoms with van der Waals surface area (Å²) in [5.41, 5.74) is 4.36. The van der Waals surface area contributed by atoms with Gasteiger partial charge in [0.25, 0.3) is 0 Å². The molecule has 0 aromatic carbocycles. The molecule has 1 heterocycles. The van der Waals surface area contributed by atoms with Crippen LogP contribution in [0.15, 0.2) is 6.07 Å². The maximum Gasteiger partial charge on any atom is 0.0467 e. The summed E-state index contributed by atoms with van der Waals surface area (Å²) < 4.78 is 7.39. The van der Waals surface area contributed by atoms with Crippen molar-refractivity contribution in [3.05, 3.63) is 23.0 Å². The van der Waals surface area contributed by atoms with Gasteiger partial charge in [-0.2, -0.15) is 0 Å². The highest BCUT2D eigenvalue weighted by Crippen LogP contribution is 2.19. The topological polar surface area (TPSA) is 26.2 Å². The van der Waals surface area contributed by atoms with Crippen LogP contribution in [0.1, 0.15) is 37.2 Å². The van der Waals surface area contributed by atoms with E-state index in [1.165, 1.54) is 17.0 Å². The lowest BCUT2D eigenvalue weighted by molar-refractivity contribution is 0.150. The summed E-state index contributed by atoms with van der Waals surface area (Å²) in [6.07, 6.45) is 1.09. The largest absolute Gasteiger partial charge is 0.385 e. The van der Waals surface area contributed by atoms with Crippen molar-refractivity contribution in [2.75, 3.05) is 20.3 Å². The molecule has 0 aliphatic heterocycles. The number of nitrogens with zero attached hydrogens (tertiary/aromatic N) is 1. The number of hydrogen-bond donors (Lipinski definition) is 1. The number of hydrogen-bond acceptors (Lipinski definition) is 2. The Hall–Kier alpha value is -0.800. The van der Waals surface area contributed by atoms with E-state index in [0.29, 0.717) is 0 Å². The van der Waals surface area contributed by atoms with Crippen molar-refractivity contribution < 1.29 is 4.74 Å². The van der Waals surface area contributed by atoms with Gasteiger partial charge in [-0.1, -0.05) is 13.8 Å². The predicted molar refractivity (Wildman–Crippen MR) is 76.9 cm³/mol. The van der Waals surface area contributed by atoms with Gasteiger partial charge in [-0.3, -0.25) is 0 Å². The first-order valence-electron chi connectivity index (χ1n) is 6.69. The molecule has 3 heteroatoms. The first-order valence-corrected chi connectivity index (χ1v) is 6.69. The summed E-state index contributed by atoms with van der Waals surface area (Å²) in [6, 6.07) is 2.27. The van der Waals surface area contributed by atoms with Gasteiger partial charge in [0, 0.05) is 45.2 Å². The molecule has 0 saturated carbocycles. The molecule has 18 heavy (non-hydrogen) atoms. The molecule has 0 fully saturated rings. The molecule has 0 unspecified atom stereocenters. The molecule has 104 valence electrons. The van der Waals surface area contributed by atoms with Gasteiger partial charge in [-0.05, 0) is 37.3 Å². The standard InChI is InChI=1S/C15H28N2O/c1-12-9-14(13(2)17(12)5)10-16-11-15(3,4)7-8-18-6/h9,16H,7-8,10-11H2,1-6H3. The van der Waals surface area contributed by atoms with Gasteiger partial charge in [0.15, 0.2) is 0 Å². The van der Waals surface area contributed by atoms with Crippen molar-refractivity contribution in [3.8, 4) is 0 Å². The van der Waals surface area contributed by atoms with E-state index in [4.69, 9.17) is 4.74 Å². The van der Waals surface area contributed by atoms with Crippen molar-refractivity contribution in [1.82, 2.24) is 9.88 Å². The Morgan fingerprint density at radius 1 is 1.33 bits per heavy atom. The molecule has 0 bridgehead atoms. The second-order valence-corrected chi connectivity index (χ2v) is 5.97. The zero-order chi connectivity index (χ0) is 13.8. The fourth-order valence-electron chi connectivity index (χ4n) is 2.11. The average molecular weight is 252 g/mol. The molecule has 0 spiro atoms. The van der Waals surface area contributed by atoms with Crippen LogP contribution in [0.25, 0.3) is 0 Å². The van der Waals surface area contributed by atoms with E-state index in [1.54, 1.807) is 7.11 Å². The Labute approximate surface area is 112 Å². The van der Waals surface area contributed by atoms with Gasteiger partial charge in [0.05, 0.1) is 0 Å². The number of methoxy groups -OCH3 is 1. The third-order valence-corrected chi connectivity index (χ3v) is 3.78. The second kappa shape index (κ2) is 6.39. The highest BCUT2D eigenvalue weighted by atomic mass is 16.5. The van der Waals surface area contributed by atoms with Gasteiger partial charge in [-0.15, -0.1) is 0 Å². The molecular weight excluding hydrogens is 224 g/mol. The van der Waals surface area contributed by atoms with Crippen LogP contribution < -0.4 is 5.32 Å². The van der Waals surface area contributed by atoms with Crippen molar-refractivity contribution in [1.29, 1.82) is 0 Å². The molecule has 0 atom stereocenters. The van der Waals surface area contributed by atoms with E-state index in [0.717, 1.165) is 26.1 Å². The molecule has 1 N–H and O–H groups in total. The SMILES string of the molecule is COCCC(C)(C)CNCc1cc(C)n(C)c1C. The van der Waals surface area contributed by atoms with Crippen LogP contribution in [-0.2, 0) is 18.3 Å². The lowest BCUT2D eigenvalue weighted by Gasteiger charge is -2.24. The normalized spacial score (nSPS) is 12.1. The summed E-state index contributed by atoms with van der Waals surface area (Å²) in [6.45, 7) is 11.7. The van der Waals surface area contributed by atoms with Gasteiger partial charge in [-0.25, -0.2) is 0 Å². The van der Waals surface area contributed by atoms with Crippen LogP contribution in [0, 0.1) is 19.3 Å².